The fourth-order valence-electron chi connectivity index (χ4n) is 4.23. The van der Waals surface area contributed by atoms with E-state index in [-0.39, 0.29) is 24.3 Å². The van der Waals surface area contributed by atoms with Crippen LogP contribution in [0.3, 0.4) is 0 Å². The normalized spacial score (nSPS) is 15.9. The van der Waals surface area contributed by atoms with E-state index in [0.29, 0.717) is 28.8 Å². The Morgan fingerprint density at radius 1 is 1.03 bits per heavy atom. The number of imidazole rings is 1. The maximum absolute atomic E-state index is 12.8. The molecule has 3 aromatic carbocycles. The lowest BCUT2D eigenvalue weighted by atomic mass is 10.1. The molecule has 9 heteroatoms. The second kappa shape index (κ2) is 9.90. The van der Waals surface area contributed by atoms with Gasteiger partial charge in [0.1, 0.15) is 12.4 Å². The van der Waals surface area contributed by atoms with Crippen molar-refractivity contribution in [2.45, 2.75) is 18.9 Å². The van der Waals surface area contributed by atoms with Crippen LogP contribution in [-0.4, -0.2) is 34.1 Å². The topological polar surface area (TPSA) is 79.6 Å². The number of aromatic nitrogens is 2. The molecule has 0 radical (unpaired) electrons. The van der Waals surface area contributed by atoms with Crippen LogP contribution < -0.4 is 10.3 Å². The molecule has 1 unspecified atom stereocenters. The Bertz CT molecular complexity index is 1410. The first-order valence-electron chi connectivity index (χ1n) is 11.1. The summed E-state index contributed by atoms with van der Waals surface area (Å²) in [6.07, 6.45) is 1.86. The molecule has 1 saturated heterocycles. The van der Waals surface area contributed by atoms with E-state index in [0.717, 1.165) is 22.3 Å². The Hall–Kier alpha value is -3.68. The minimum Gasteiger partial charge on any atom is -0.318 e. The molecule has 2 amide bonds. The van der Waals surface area contributed by atoms with Crippen molar-refractivity contribution in [3.63, 3.8) is 0 Å². The number of carbonyl (C=O) groups excluding carboxylic acids is 2. The molecular formula is C26H21Cl2N5O2. The van der Waals surface area contributed by atoms with E-state index < -0.39 is 0 Å². The summed E-state index contributed by atoms with van der Waals surface area (Å²) in [6, 6.07) is 21.9. The molecule has 0 bridgehead atoms. The lowest BCUT2D eigenvalue weighted by Crippen LogP contribution is -2.26. The summed E-state index contributed by atoms with van der Waals surface area (Å²) in [5.41, 5.74) is 5.79. The van der Waals surface area contributed by atoms with Gasteiger partial charge in [-0.15, -0.1) is 0 Å². The Balaban J connectivity index is 1.36. The van der Waals surface area contributed by atoms with Gasteiger partial charge < -0.3 is 9.47 Å². The van der Waals surface area contributed by atoms with Gasteiger partial charge in [-0.1, -0.05) is 47.5 Å². The van der Waals surface area contributed by atoms with Gasteiger partial charge in [-0.2, -0.15) is 5.10 Å². The molecule has 5 rings (SSSR count). The standard InChI is InChI=1S/C26H21Cl2N5O2/c27-19-7-5-17(6-8-19)14-29-31-24(34)16-33-23-4-2-1-3-22(23)30-26(33)18-13-25(35)32(15-18)21-11-9-20(28)10-12-21/h1-12,14,18H,13,15-16H2,(H,31,34). The zero-order valence-electron chi connectivity index (χ0n) is 18.6. The molecule has 1 aromatic heterocycles. The average Bonchev–Trinajstić information content (AvgIpc) is 3.41. The lowest BCUT2D eigenvalue weighted by molar-refractivity contribution is -0.121. The minimum atomic E-state index is -0.293. The number of carbonyl (C=O) groups is 2. The highest BCUT2D eigenvalue weighted by Crippen LogP contribution is 2.33. The van der Waals surface area contributed by atoms with Crippen LogP contribution in [0, 0.1) is 0 Å². The summed E-state index contributed by atoms with van der Waals surface area (Å²) in [5.74, 6) is 0.259. The first kappa shape index (κ1) is 23.1. The van der Waals surface area contributed by atoms with Crippen molar-refractivity contribution in [3.8, 4) is 0 Å². The summed E-state index contributed by atoms with van der Waals surface area (Å²) in [4.78, 5) is 32.1. The third-order valence-corrected chi connectivity index (χ3v) is 6.39. The van der Waals surface area contributed by atoms with E-state index in [4.69, 9.17) is 28.2 Å². The van der Waals surface area contributed by atoms with Gasteiger partial charge in [-0.05, 0) is 54.1 Å². The quantitative estimate of drug-likeness (QED) is 0.295. The van der Waals surface area contributed by atoms with Crippen LogP contribution in [0.4, 0.5) is 5.69 Å². The SMILES string of the molecule is O=C(Cn1c(C2CC(=O)N(c3ccc(Cl)cc3)C2)nc2ccccc21)NN=Cc1ccc(Cl)cc1. The zero-order valence-corrected chi connectivity index (χ0v) is 20.1. The van der Waals surface area contributed by atoms with Crippen LogP contribution in [0.25, 0.3) is 11.0 Å². The minimum absolute atomic E-state index is 0.00736. The van der Waals surface area contributed by atoms with Crippen LogP contribution in [0.15, 0.2) is 77.9 Å². The highest BCUT2D eigenvalue weighted by Gasteiger charge is 2.35. The van der Waals surface area contributed by atoms with Crippen molar-refractivity contribution in [1.29, 1.82) is 0 Å². The van der Waals surface area contributed by atoms with E-state index in [2.05, 4.69) is 10.5 Å². The predicted molar refractivity (Wildman–Crippen MR) is 138 cm³/mol. The van der Waals surface area contributed by atoms with E-state index in [1.807, 2.05) is 53.1 Å². The number of halogens is 2. The Morgan fingerprint density at radius 2 is 1.71 bits per heavy atom. The summed E-state index contributed by atoms with van der Waals surface area (Å²) in [7, 11) is 0. The van der Waals surface area contributed by atoms with Crippen LogP contribution in [0.5, 0.6) is 0 Å². The predicted octanol–water partition coefficient (Wildman–Crippen LogP) is 5.01. The average molecular weight is 506 g/mol. The molecule has 1 fully saturated rings. The third-order valence-electron chi connectivity index (χ3n) is 5.89. The number of hydrazone groups is 1. The van der Waals surface area contributed by atoms with Crippen LogP contribution in [0.1, 0.15) is 23.7 Å². The lowest BCUT2D eigenvalue weighted by Gasteiger charge is -2.17. The molecule has 2 heterocycles. The van der Waals surface area contributed by atoms with Gasteiger partial charge in [0.25, 0.3) is 5.91 Å². The maximum atomic E-state index is 12.8. The largest absolute Gasteiger partial charge is 0.318 e. The van der Waals surface area contributed by atoms with Crippen molar-refractivity contribution >= 4 is 58.0 Å². The molecule has 176 valence electrons. The number of amides is 2. The Morgan fingerprint density at radius 3 is 2.46 bits per heavy atom. The van der Waals surface area contributed by atoms with Crippen molar-refractivity contribution < 1.29 is 9.59 Å². The van der Waals surface area contributed by atoms with Crippen molar-refractivity contribution in [3.05, 3.63) is 94.2 Å². The second-order valence-electron chi connectivity index (χ2n) is 8.27. The zero-order chi connectivity index (χ0) is 24.4. The maximum Gasteiger partial charge on any atom is 0.260 e. The number of anilines is 1. The number of hydrogen-bond donors (Lipinski definition) is 1. The van der Waals surface area contributed by atoms with E-state index in [9.17, 15) is 9.59 Å². The molecule has 0 saturated carbocycles. The fourth-order valence-corrected chi connectivity index (χ4v) is 4.48. The molecule has 7 nitrogen and oxygen atoms in total. The summed E-state index contributed by atoms with van der Waals surface area (Å²) in [5, 5.41) is 5.30. The highest BCUT2D eigenvalue weighted by molar-refractivity contribution is 6.31. The molecule has 1 atom stereocenters. The summed E-state index contributed by atoms with van der Waals surface area (Å²) < 4.78 is 1.87. The van der Waals surface area contributed by atoms with Crippen molar-refractivity contribution in [2.75, 3.05) is 11.4 Å². The molecule has 35 heavy (non-hydrogen) atoms. The monoisotopic (exact) mass is 505 g/mol. The van der Waals surface area contributed by atoms with E-state index in [1.54, 1.807) is 35.4 Å². The van der Waals surface area contributed by atoms with Gasteiger partial charge in [0.2, 0.25) is 5.91 Å². The van der Waals surface area contributed by atoms with Crippen molar-refractivity contribution in [2.24, 2.45) is 5.10 Å². The number of hydrogen-bond acceptors (Lipinski definition) is 4. The molecule has 0 aliphatic carbocycles. The van der Waals surface area contributed by atoms with Gasteiger partial charge in [-0.25, -0.2) is 10.4 Å². The van der Waals surface area contributed by atoms with Gasteiger partial charge in [0, 0.05) is 34.6 Å². The molecule has 4 aromatic rings. The van der Waals surface area contributed by atoms with Crippen LogP contribution in [0.2, 0.25) is 10.0 Å². The summed E-state index contributed by atoms with van der Waals surface area (Å²) >= 11 is 11.9. The number of para-hydroxylation sites is 2. The van der Waals surface area contributed by atoms with Gasteiger partial charge in [0.15, 0.2) is 0 Å². The van der Waals surface area contributed by atoms with Gasteiger partial charge in [0.05, 0.1) is 17.2 Å². The Labute approximate surface area is 212 Å². The van der Waals surface area contributed by atoms with E-state index >= 15 is 0 Å². The first-order chi connectivity index (χ1) is 17.0. The number of benzene rings is 3. The number of nitrogens with one attached hydrogen (secondary N) is 1. The third kappa shape index (κ3) is 5.06. The van der Waals surface area contributed by atoms with Gasteiger partial charge in [-0.3, -0.25) is 9.59 Å². The molecular weight excluding hydrogens is 485 g/mol. The molecule has 0 spiro atoms. The Kier molecular flexibility index (Phi) is 6.53. The van der Waals surface area contributed by atoms with Gasteiger partial charge >= 0.3 is 0 Å². The summed E-state index contributed by atoms with van der Waals surface area (Å²) in [6.45, 7) is 0.500. The smallest absolute Gasteiger partial charge is 0.260 e. The highest BCUT2D eigenvalue weighted by atomic mass is 35.5. The second-order valence-corrected chi connectivity index (χ2v) is 9.14. The van der Waals surface area contributed by atoms with Crippen LogP contribution >= 0.6 is 23.2 Å². The number of fused-ring (bicyclic) bond motifs is 1. The number of rotatable bonds is 6. The van der Waals surface area contributed by atoms with Crippen LogP contribution in [-0.2, 0) is 16.1 Å². The molecule has 1 N–H and O–H groups in total. The van der Waals surface area contributed by atoms with E-state index in [1.165, 1.54) is 0 Å². The number of nitrogens with zero attached hydrogens (tertiary/aromatic N) is 4. The molecule has 1 aliphatic rings. The first-order valence-corrected chi connectivity index (χ1v) is 11.8. The van der Waals surface area contributed by atoms with Crippen molar-refractivity contribution in [1.82, 2.24) is 15.0 Å². The molecule has 1 aliphatic heterocycles. The fraction of sp³-hybridized carbons (Fsp3) is 0.154.